The molecule has 0 atom stereocenters. The fourth-order valence-corrected chi connectivity index (χ4v) is 3.44. The van der Waals surface area contributed by atoms with Gasteiger partial charge in [-0.15, -0.1) is 0 Å². The van der Waals surface area contributed by atoms with Crippen LogP contribution in [0.3, 0.4) is 0 Å². The van der Waals surface area contributed by atoms with Crippen LogP contribution in [0.2, 0.25) is 0 Å². The van der Waals surface area contributed by atoms with E-state index < -0.39 is 0 Å². The Morgan fingerprint density at radius 2 is 1.81 bits per heavy atom. The molecule has 1 aromatic heterocycles. The topological polar surface area (TPSA) is 89.0 Å². The molecule has 2 aromatic rings. The third-order valence-electron chi connectivity index (χ3n) is 5.15. The van der Waals surface area contributed by atoms with Crippen LogP contribution < -0.4 is 4.74 Å². The molecule has 1 saturated heterocycles. The summed E-state index contributed by atoms with van der Waals surface area (Å²) in [5.41, 5.74) is 0.280. The van der Waals surface area contributed by atoms with Gasteiger partial charge in [0.05, 0.1) is 19.1 Å². The van der Waals surface area contributed by atoms with Crippen LogP contribution in [0.5, 0.6) is 11.6 Å². The normalized spacial score (nSPS) is 14.1. The number of nitrogens with zero attached hydrogens (tertiary/aromatic N) is 3. The minimum atomic E-state index is -0.353. The Bertz CT molecular complexity index is 910. The highest BCUT2D eigenvalue weighted by molar-refractivity contribution is 5.98. The number of hydrogen-bond donors (Lipinski definition) is 0. The van der Waals surface area contributed by atoms with Crippen molar-refractivity contribution in [3.05, 3.63) is 54.2 Å². The number of benzene rings is 1. The fourth-order valence-electron chi connectivity index (χ4n) is 3.44. The van der Waals surface area contributed by atoms with Crippen LogP contribution in [0, 0.1) is 5.92 Å². The van der Waals surface area contributed by atoms with E-state index in [1.807, 2.05) is 18.2 Å². The van der Waals surface area contributed by atoms with E-state index in [2.05, 4.69) is 4.98 Å². The third kappa shape index (κ3) is 5.81. The molecule has 8 nitrogen and oxygen atoms in total. The number of amides is 2. The van der Waals surface area contributed by atoms with Crippen molar-refractivity contribution in [2.24, 2.45) is 5.92 Å². The SMILES string of the molecule is CCOC(=O)C1CCN(C(=O)CN(C)C(=O)c2cccnc2Oc2ccccc2)CC1. The Morgan fingerprint density at radius 3 is 2.48 bits per heavy atom. The number of likely N-dealkylation sites (tertiary alicyclic amines) is 1. The zero-order valence-corrected chi connectivity index (χ0v) is 17.8. The molecular weight excluding hydrogens is 398 g/mol. The number of ether oxygens (including phenoxy) is 2. The number of hydrogen-bond acceptors (Lipinski definition) is 6. The molecule has 164 valence electrons. The molecule has 2 amide bonds. The van der Waals surface area contributed by atoms with Gasteiger partial charge in [-0.2, -0.15) is 0 Å². The molecule has 0 unspecified atom stereocenters. The second-order valence-electron chi connectivity index (χ2n) is 7.34. The van der Waals surface area contributed by atoms with Crippen molar-refractivity contribution in [1.29, 1.82) is 0 Å². The number of carbonyl (C=O) groups excluding carboxylic acids is 3. The molecule has 1 aliphatic rings. The van der Waals surface area contributed by atoms with Crippen molar-refractivity contribution in [3.8, 4) is 11.6 Å². The predicted molar refractivity (Wildman–Crippen MR) is 114 cm³/mol. The maximum atomic E-state index is 13.0. The van der Waals surface area contributed by atoms with E-state index in [0.717, 1.165) is 0 Å². The first kappa shape index (κ1) is 22.3. The van der Waals surface area contributed by atoms with E-state index >= 15 is 0 Å². The maximum absolute atomic E-state index is 13.0. The van der Waals surface area contributed by atoms with Crippen LogP contribution in [0.25, 0.3) is 0 Å². The number of pyridine rings is 1. The molecule has 0 N–H and O–H groups in total. The van der Waals surface area contributed by atoms with Gasteiger partial charge in [-0.1, -0.05) is 18.2 Å². The first-order valence-electron chi connectivity index (χ1n) is 10.4. The summed E-state index contributed by atoms with van der Waals surface area (Å²) >= 11 is 0. The van der Waals surface area contributed by atoms with Crippen LogP contribution in [0.1, 0.15) is 30.1 Å². The van der Waals surface area contributed by atoms with Crippen LogP contribution in [0.4, 0.5) is 0 Å². The summed E-state index contributed by atoms with van der Waals surface area (Å²) in [5.74, 6) is -0.131. The van der Waals surface area contributed by atoms with Gasteiger partial charge in [0.2, 0.25) is 11.8 Å². The van der Waals surface area contributed by atoms with Gasteiger partial charge in [-0.25, -0.2) is 4.98 Å². The molecule has 0 saturated carbocycles. The quantitative estimate of drug-likeness (QED) is 0.634. The molecular formula is C23H27N3O5. The monoisotopic (exact) mass is 425 g/mol. The molecule has 1 fully saturated rings. The third-order valence-corrected chi connectivity index (χ3v) is 5.15. The summed E-state index contributed by atoms with van der Waals surface area (Å²) in [6.07, 6.45) is 2.69. The molecule has 3 rings (SSSR count). The van der Waals surface area contributed by atoms with Crippen LogP contribution in [-0.4, -0.2) is 65.9 Å². The molecule has 8 heteroatoms. The lowest BCUT2D eigenvalue weighted by molar-refractivity contribution is -0.151. The zero-order chi connectivity index (χ0) is 22.2. The van der Waals surface area contributed by atoms with Gasteiger partial charge in [-0.05, 0) is 44.0 Å². The van der Waals surface area contributed by atoms with E-state index in [4.69, 9.17) is 9.47 Å². The molecule has 0 radical (unpaired) electrons. The molecule has 1 aromatic carbocycles. The Hall–Kier alpha value is -3.42. The van der Waals surface area contributed by atoms with Crippen LogP contribution in [-0.2, 0) is 14.3 Å². The molecule has 0 aliphatic carbocycles. The lowest BCUT2D eigenvalue weighted by Gasteiger charge is -2.32. The number of rotatable bonds is 7. The van der Waals surface area contributed by atoms with Crippen LogP contribution >= 0.6 is 0 Å². The van der Waals surface area contributed by atoms with Gasteiger partial charge >= 0.3 is 5.97 Å². The van der Waals surface area contributed by atoms with Crippen molar-refractivity contribution in [1.82, 2.24) is 14.8 Å². The van der Waals surface area contributed by atoms with Gasteiger partial charge in [0.1, 0.15) is 11.3 Å². The van der Waals surface area contributed by atoms with E-state index in [1.165, 1.54) is 4.90 Å². The lowest BCUT2D eigenvalue weighted by Crippen LogP contribution is -2.45. The van der Waals surface area contributed by atoms with Gasteiger partial charge in [0, 0.05) is 26.3 Å². The lowest BCUT2D eigenvalue weighted by atomic mass is 9.97. The maximum Gasteiger partial charge on any atom is 0.309 e. The standard InChI is InChI=1S/C23H27N3O5/c1-3-30-23(29)17-11-14-26(15-12-17)20(27)16-25(2)22(28)19-10-7-13-24-21(19)31-18-8-5-4-6-9-18/h4-10,13,17H,3,11-12,14-16H2,1-2H3. The zero-order valence-electron chi connectivity index (χ0n) is 17.8. The summed E-state index contributed by atoms with van der Waals surface area (Å²) in [6.45, 7) is 3.01. The average molecular weight is 425 g/mol. The summed E-state index contributed by atoms with van der Waals surface area (Å²) in [4.78, 5) is 44.7. The largest absolute Gasteiger partial charge is 0.466 e. The first-order chi connectivity index (χ1) is 15.0. The highest BCUT2D eigenvalue weighted by Crippen LogP contribution is 2.24. The van der Waals surface area contributed by atoms with Gasteiger partial charge in [-0.3, -0.25) is 14.4 Å². The highest BCUT2D eigenvalue weighted by Gasteiger charge is 2.29. The average Bonchev–Trinajstić information content (AvgIpc) is 2.80. The minimum absolute atomic E-state index is 0.0669. The van der Waals surface area contributed by atoms with Crippen molar-refractivity contribution < 1.29 is 23.9 Å². The van der Waals surface area contributed by atoms with Crippen molar-refractivity contribution >= 4 is 17.8 Å². The number of para-hydroxylation sites is 1. The smallest absolute Gasteiger partial charge is 0.309 e. The molecule has 0 spiro atoms. The number of likely N-dealkylation sites (N-methyl/N-ethyl adjacent to an activating group) is 1. The summed E-state index contributed by atoms with van der Waals surface area (Å²) < 4.78 is 10.8. The summed E-state index contributed by atoms with van der Waals surface area (Å²) in [6, 6.07) is 12.4. The highest BCUT2D eigenvalue weighted by atomic mass is 16.5. The van der Waals surface area contributed by atoms with E-state index in [-0.39, 0.29) is 41.7 Å². The molecule has 2 heterocycles. The van der Waals surface area contributed by atoms with Crippen molar-refractivity contribution in [3.63, 3.8) is 0 Å². The predicted octanol–water partition coefficient (Wildman–Crippen LogP) is 2.75. The number of esters is 1. The second kappa shape index (κ2) is 10.6. The van der Waals surface area contributed by atoms with E-state index in [9.17, 15) is 14.4 Å². The molecule has 1 aliphatic heterocycles. The summed E-state index contributed by atoms with van der Waals surface area (Å²) in [5, 5.41) is 0. The Labute approximate surface area is 181 Å². The minimum Gasteiger partial charge on any atom is -0.466 e. The summed E-state index contributed by atoms with van der Waals surface area (Å²) in [7, 11) is 1.57. The Morgan fingerprint density at radius 1 is 1.10 bits per heavy atom. The number of carbonyl (C=O) groups is 3. The Balaban J connectivity index is 1.59. The number of aromatic nitrogens is 1. The van der Waals surface area contributed by atoms with E-state index in [0.29, 0.717) is 38.3 Å². The number of piperidine rings is 1. The molecule has 0 bridgehead atoms. The van der Waals surface area contributed by atoms with Crippen LogP contribution in [0.15, 0.2) is 48.7 Å². The Kier molecular flexibility index (Phi) is 7.59. The van der Waals surface area contributed by atoms with Crippen molar-refractivity contribution in [2.45, 2.75) is 19.8 Å². The van der Waals surface area contributed by atoms with E-state index in [1.54, 1.807) is 49.3 Å². The second-order valence-corrected chi connectivity index (χ2v) is 7.34. The fraction of sp³-hybridized carbons (Fsp3) is 0.391. The van der Waals surface area contributed by atoms with Gasteiger partial charge < -0.3 is 19.3 Å². The molecule has 31 heavy (non-hydrogen) atoms. The first-order valence-corrected chi connectivity index (χ1v) is 10.4. The van der Waals surface area contributed by atoms with Gasteiger partial charge in [0.25, 0.3) is 5.91 Å². The van der Waals surface area contributed by atoms with Crippen molar-refractivity contribution in [2.75, 3.05) is 33.3 Å². The van der Waals surface area contributed by atoms with Gasteiger partial charge in [0.15, 0.2) is 0 Å².